The second-order valence-corrected chi connectivity index (χ2v) is 5.34. The van der Waals surface area contributed by atoms with E-state index in [0.717, 1.165) is 0 Å². The standard InChI is InChI=1S/C14H20O5/c1-9(15)6-7-14(2)11(16)5-4-10(13(14)18)8-12(17)19-3/h10H,4-8H2,1-3H3/t10-,14+/m0/s1. The Morgan fingerprint density at radius 2 is 2.00 bits per heavy atom. The summed E-state index contributed by atoms with van der Waals surface area (Å²) in [4.78, 5) is 46.7. The first-order valence-electron chi connectivity index (χ1n) is 6.45. The lowest BCUT2D eigenvalue weighted by atomic mass is 9.65. The second kappa shape index (κ2) is 6.08. The van der Waals surface area contributed by atoms with E-state index in [4.69, 9.17) is 0 Å². The first-order chi connectivity index (χ1) is 8.81. The van der Waals surface area contributed by atoms with Gasteiger partial charge in [0.2, 0.25) is 0 Å². The van der Waals surface area contributed by atoms with Gasteiger partial charge in [-0.05, 0) is 26.7 Å². The smallest absolute Gasteiger partial charge is 0.306 e. The minimum Gasteiger partial charge on any atom is -0.469 e. The van der Waals surface area contributed by atoms with Crippen LogP contribution in [-0.4, -0.2) is 30.4 Å². The van der Waals surface area contributed by atoms with Gasteiger partial charge in [-0.3, -0.25) is 14.4 Å². The van der Waals surface area contributed by atoms with Crippen LogP contribution in [0.25, 0.3) is 0 Å². The van der Waals surface area contributed by atoms with Gasteiger partial charge in [-0.2, -0.15) is 0 Å². The lowest BCUT2D eigenvalue weighted by Crippen LogP contribution is -2.45. The summed E-state index contributed by atoms with van der Waals surface area (Å²) in [6.45, 7) is 3.02. The van der Waals surface area contributed by atoms with Crippen molar-refractivity contribution >= 4 is 23.3 Å². The third kappa shape index (κ3) is 3.49. The molecule has 0 spiro atoms. The number of carbonyl (C=O) groups excluding carboxylic acids is 4. The molecule has 0 amide bonds. The molecule has 106 valence electrons. The van der Waals surface area contributed by atoms with E-state index in [9.17, 15) is 19.2 Å². The Balaban J connectivity index is 2.83. The molecular weight excluding hydrogens is 248 g/mol. The summed E-state index contributed by atoms with van der Waals surface area (Å²) < 4.78 is 4.56. The minimum atomic E-state index is -1.12. The lowest BCUT2D eigenvalue weighted by molar-refractivity contribution is -0.152. The normalized spacial score (nSPS) is 27.2. The summed E-state index contributed by atoms with van der Waals surface area (Å²) in [5.74, 6) is -1.31. The molecule has 0 unspecified atom stereocenters. The molecule has 2 atom stereocenters. The van der Waals surface area contributed by atoms with E-state index in [1.807, 2.05) is 0 Å². The summed E-state index contributed by atoms with van der Waals surface area (Å²) in [6.07, 6.45) is 1.12. The third-order valence-electron chi connectivity index (χ3n) is 3.87. The van der Waals surface area contributed by atoms with Gasteiger partial charge < -0.3 is 9.53 Å². The molecule has 1 aliphatic rings. The van der Waals surface area contributed by atoms with Crippen LogP contribution in [0.5, 0.6) is 0 Å². The number of Topliss-reactive ketones (excluding diaryl/α,β-unsaturated/α-hetero) is 3. The van der Waals surface area contributed by atoms with Crippen molar-refractivity contribution < 1.29 is 23.9 Å². The highest BCUT2D eigenvalue weighted by atomic mass is 16.5. The molecule has 1 aliphatic carbocycles. The molecule has 0 bridgehead atoms. The Bertz CT molecular complexity index is 412. The lowest BCUT2D eigenvalue weighted by Gasteiger charge is -2.34. The fourth-order valence-electron chi connectivity index (χ4n) is 2.47. The number of methoxy groups -OCH3 is 1. The summed E-state index contributed by atoms with van der Waals surface area (Å²) in [6, 6.07) is 0. The number of esters is 1. The van der Waals surface area contributed by atoms with Crippen molar-refractivity contribution in [2.24, 2.45) is 11.3 Å². The topological polar surface area (TPSA) is 77.5 Å². The maximum absolute atomic E-state index is 12.4. The van der Waals surface area contributed by atoms with Gasteiger partial charge in [0.05, 0.1) is 18.9 Å². The minimum absolute atomic E-state index is 0.0122. The van der Waals surface area contributed by atoms with Gasteiger partial charge >= 0.3 is 5.97 Å². The summed E-state index contributed by atoms with van der Waals surface area (Å²) in [5.41, 5.74) is -1.12. The van der Waals surface area contributed by atoms with E-state index in [1.165, 1.54) is 14.0 Å². The molecule has 0 radical (unpaired) electrons. The molecule has 1 fully saturated rings. The van der Waals surface area contributed by atoms with E-state index < -0.39 is 17.3 Å². The van der Waals surface area contributed by atoms with Crippen molar-refractivity contribution in [1.82, 2.24) is 0 Å². The first kappa shape index (κ1) is 15.5. The van der Waals surface area contributed by atoms with Gasteiger partial charge in [-0.25, -0.2) is 0 Å². The molecule has 0 aliphatic heterocycles. The molecule has 5 heteroatoms. The number of hydrogen-bond acceptors (Lipinski definition) is 5. The average Bonchev–Trinajstić information content (AvgIpc) is 2.37. The molecule has 0 aromatic heterocycles. The van der Waals surface area contributed by atoms with Crippen LogP contribution in [0.2, 0.25) is 0 Å². The predicted molar refractivity (Wildman–Crippen MR) is 67.4 cm³/mol. The van der Waals surface area contributed by atoms with Crippen LogP contribution >= 0.6 is 0 Å². The zero-order valence-electron chi connectivity index (χ0n) is 11.7. The predicted octanol–water partition coefficient (Wildman–Crippen LogP) is 1.47. The van der Waals surface area contributed by atoms with Crippen LogP contribution in [0.15, 0.2) is 0 Å². The van der Waals surface area contributed by atoms with Gasteiger partial charge in [0.1, 0.15) is 17.3 Å². The van der Waals surface area contributed by atoms with E-state index in [2.05, 4.69) is 4.74 Å². The third-order valence-corrected chi connectivity index (χ3v) is 3.87. The number of hydrogen-bond donors (Lipinski definition) is 0. The Morgan fingerprint density at radius 1 is 1.37 bits per heavy atom. The van der Waals surface area contributed by atoms with Crippen LogP contribution in [0.1, 0.15) is 46.0 Å². The highest BCUT2D eigenvalue weighted by Crippen LogP contribution is 2.38. The van der Waals surface area contributed by atoms with Crippen LogP contribution in [-0.2, 0) is 23.9 Å². The maximum Gasteiger partial charge on any atom is 0.306 e. The largest absolute Gasteiger partial charge is 0.469 e. The first-order valence-corrected chi connectivity index (χ1v) is 6.45. The highest BCUT2D eigenvalue weighted by molar-refractivity contribution is 6.10. The monoisotopic (exact) mass is 268 g/mol. The van der Waals surface area contributed by atoms with Crippen molar-refractivity contribution in [1.29, 1.82) is 0 Å². The molecule has 0 aromatic rings. The van der Waals surface area contributed by atoms with Crippen molar-refractivity contribution in [3.8, 4) is 0 Å². The van der Waals surface area contributed by atoms with E-state index in [1.54, 1.807) is 6.92 Å². The Labute approximate surface area is 112 Å². The maximum atomic E-state index is 12.4. The van der Waals surface area contributed by atoms with Gasteiger partial charge in [0.15, 0.2) is 0 Å². The van der Waals surface area contributed by atoms with Gasteiger partial charge in [0, 0.05) is 18.8 Å². The van der Waals surface area contributed by atoms with Gasteiger partial charge in [0.25, 0.3) is 0 Å². The second-order valence-electron chi connectivity index (χ2n) is 5.34. The van der Waals surface area contributed by atoms with Crippen molar-refractivity contribution in [2.45, 2.75) is 46.0 Å². The number of ether oxygens (including phenoxy) is 1. The molecule has 0 aromatic carbocycles. The van der Waals surface area contributed by atoms with Gasteiger partial charge in [-0.1, -0.05) is 0 Å². The van der Waals surface area contributed by atoms with Crippen LogP contribution < -0.4 is 0 Å². The SMILES string of the molecule is COC(=O)C[C@@H]1CCC(=O)[C@@](C)(CCC(C)=O)C1=O. The van der Waals surface area contributed by atoms with E-state index >= 15 is 0 Å². The fraction of sp³-hybridized carbons (Fsp3) is 0.714. The molecule has 1 saturated carbocycles. The Morgan fingerprint density at radius 3 is 2.53 bits per heavy atom. The van der Waals surface area contributed by atoms with Crippen molar-refractivity contribution in [3.63, 3.8) is 0 Å². The molecule has 0 heterocycles. The molecule has 0 saturated heterocycles. The number of ketones is 3. The van der Waals surface area contributed by atoms with Crippen molar-refractivity contribution in [3.05, 3.63) is 0 Å². The zero-order chi connectivity index (χ0) is 14.6. The van der Waals surface area contributed by atoms with Gasteiger partial charge in [-0.15, -0.1) is 0 Å². The molecule has 19 heavy (non-hydrogen) atoms. The Hall–Kier alpha value is -1.52. The van der Waals surface area contributed by atoms with E-state index in [-0.39, 0.29) is 43.0 Å². The Kier molecular flexibility index (Phi) is 4.97. The average molecular weight is 268 g/mol. The van der Waals surface area contributed by atoms with Crippen LogP contribution in [0.4, 0.5) is 0 Å². The summed E-state index contributed by atoms with van der Waals surface area (Å²) >= 11 is 0. The molecule has 1 rings (SSSR count). The van der Waals surface area contributed by atoms with Crippen molar-refractivity contribution in [2.75, 3.05) is 7.11 Å². The summed E-state index contributed by atoms with van der Waals surface area (Å²) in [5, 5.41) is 0. The van der Waals surface area contributed by atoms with Crippen LogP contribution in [0.3, 0.4) is 0 Å². The molecular formula is C14H20O5. The zero-order valence-corrected chi connectivity index (χ0v) is 11.7. The van der Waals surface area contributed by atoms with E-state index in [0.29, 0.717) is 6.42 Å². The fourth-order valence-corrected chi connectivity index (χ4v) is 2.47. The summed E-state index contributed by atoms with van der Waals surface area (Å²) in [7, 11) is 1.27. The molecule has 5 nitrogen and oxygen atoms in total. The highest BCUT2D eigenvalue weighted by Gasteiger charge is 2.47. The number of rotatable bonds is 5. The quantitative estimate of drug-likeness (QED) is 0.557. The number of carbonyl (C=O) groups is 4. The molecule has 0 N–H and O–H groups in total. The van der Waals surface area contributed by atoms with Crippen LogP contribution in [0, 0.1) is 11.3 Å².